The SMILES string of the molecule is CCOc1ccc(C(CC)=NNC(=O)c2cc(-c3ccc(OC)c(OC)c3)n[nH]2)cc1. The van der Waals surface area contributed by atoms with Crippen molar-refractivity contribution in [2.24, 2.45) is 5.10 Å². The van der Waals surface area contributed by atoms with E-state index in [1.54, 1.807) is 32.4 Å². The van der Waals surface area contributed by atoms with E-state index in [1.165, 1.54) is 0 Å². The molecule has 0 spiro atoms. The fourth-order valence-electron chi connectivity index (χ4n) is 3.02. The smallest absolute Gasteiger partial charge is 0.289 e. The summed E-state index contributed by atoms with van der Waals surface area (Å²) in [7, 11) is 3.14. The molecule has 0 radical (unpaired) electrons. The Balaban J connectivity index is 1.73. The summed E-state index contributed by atoms with van der Waals surface area (Å²) in [6, 6.07) is 14.7. The van der Waals surface area contributed by atoms with E-state index in [-0.39, 0.29) is 5.91 Å². The number of methoxy groups -OCH3 is 2. The second-order valence-corrected chi connectivity index (χ2v) is 6.55. The zero-order valence-electron chi connectivity index (χ0n) is 18.1. The lowest BCUT2D eigenvalue weighted by atomic mass is 10.1. The van der Waals surface area contributed by atoms with E-state index in [0.29, 0.717) is 35.9 Å². The molecule has 1 aromatic heterocycles. The van der Waals surface area contributed by atoms with Crippen molar-refractivity contribution in [2.75, 3.05) is 20.8 Å². The summed E-state index contributed by atoms with van der Waals surface area (Å²) in [5.74, 6) is 1.62. The van der Waals surface area contributed by atoms with Crippen molar-refractivity contribution in [3.8, 4) is 28.5 Å². The van der Waals surface area contributed by atoms with Crippen molar-refractivity contribution < 1.29 is 19.0 Å². The molecule has 3 aromatic rings. The quantitative estimate of drug-likeness (QED) is 0.401. The predicted octanol–water partition coefficient (Wildman–Crippen LogP) is 4.04. The third-order valence-corrected chi connectivity index (χ3v) is 4.63. The van der Waals surface area contributed by atoms with E-state index in [1.807, 2.05) is 44.2 Å². The third-order valence-electron chi connectivity index (χ3n) is 4.63. The number of carbonyl (C=O) groups excluding carboxylic acids is 1. The summed E-state index contributed by atoms with van der Waals surface area (Å²) in [5.41, 5.74) is 5.98. The highest BCUT2D eigenvalue weighted by Crippen LogP contribution is 2.31. The number of rotatable bonds is 9. The van der Waals surface area contributed by atoms with Crippen LogP contribution in [0.15, 0.2) is 53.6 Å². The predicted molar refractivity (Wildman–Crippen MR) is 119 cm³/mol. The minimum absolute atomic E-state index is 0.302. The lowest BCUT2D eigenvalue weighted by molar-refractivity contribution is 0.0950. The lowest BCUT2D eigenvalue weighted by Gasteiger charge is -2.08. The van der Waals surface area contributed by atoms with Gasteiger partial charge in [0.2, 0.25) is 0 Å². The van der Waals surface area contributed by atoms with E-state index in [9.17, 15) is 4.79 Å². The number of carbonyl (C=O) groups is 1. The van der Waals surface area contributed by atoms with Crippen LogP contribution in [0.5, 0.6) is 17.2 Å². The van der Waals surface area contributed by atoms with Crippen LogP contribution in [0, 0.1) is 0 Å². The second kappa shape index (κ2) is 10.3. The van der Waals surface area contributed by atoms with Gasteiger partial charge in [0, 0.05) is 5.56 Å². The molecule has 8 nitrogen and oxygen atoms in total. The van der Waals surface area contributed by atoms with Crippen LogP contribution in [0.4, 0.5) is 0 Å². The molecule has 0 bridgehead atoms. The fraction of sp³-hybridized carbons (Fsp3) is 0.261. The molecule has 0 saturated carbocycles. The Morgan fingerprint density at radius 1 is 1.03 bits per heavy atom. The molecule has 0 aliphatic carbocycles. The molecule has 162 valence electrons. The Kier molecular flexibility index (Phi) is 7.26. The van der Waals surface area contributed by atoms with Crippen LogP contribution in [0.3, 0.4) is 0 Å². The first-order valence-electron chi connectivity index (χ1n) is 9.97. The van der Waals surface area contributed by atoms with Crippen LogP contribution in [-0.2, 0) is 0 Å². The molecule has 0 atom stereocenters. The van der Waals surface area contributed by atoms with Crippen LogP contribution in [0.1, 0.15) is 36.3 Å². The van der Waals surface area contributed by atoms with Gasteiger partial charge in [0.25, 0.3) is 5.91 Å². The molecule has 8 heteroatoms. The molecule has 0 aliphatic rings. The molecule has 0 unspecified atom stereocenters. The zero-order chi connectivity index (χ0) is 22.2. The van der Waals surface area contributed by atoms with Crippen molar-refractivity contribution in [1.29, 1.82) is 0 Å². The van der Waals surface area contributed by atoms with E-state index in [4.69, 9.17) is 14.2 Å². The number of H-pyrrole nitrogens is 1. The largest absolute Gasteiger partial charge is 0.494 e. The first kappa shape index (κ1) is 21.9. The number of ether oxygens (including phenoxy) is 3. The van der Waals surface area contributed by atoms with Gasteiger partial charge in [-0.15, -0.1) is 0 Å². The first-order chi connectivity index (χ1) is 15.1. The van der Waals surface area contributed by atoms with Gasteiger partial charge in [-0.25, -0.2) is 5.43 Å². The lowest BCUT2D eigenvalue weighted by Crippen LogP contribution is -2.20. The van der Waals surface area contributed by atoms with Gasteiger partial charge in [0.1, 0.15) is 11.4 Å². The standard InChI is InChI=1S/C23H26N4O4/c1-5-18(15-7-10-17(11-8-15)31-6-2)24-27-23(28)20-14-19(25-26-20)16-9-12-21(29-3)22(13-16)30-4/h7-14H,5-6H2,1-4H3,(H,25,26)(H,27,28). The molecule has 1 amide bonds. The minimum atomic E-state index is -0.379. The van der Waals surface area contributed by atoms with E-state index >= 15 is 0 Å². The molecule has 2 N–H and O–H groups in total. The van der Waals surface area contributed by atoms with E-state index < -0.39 is 0 Å². The van der Waals surface area contributed by atoms with Crippen molar-refractivity contribution in [3.05, 3.63) is 59.8 Å². The van der Waals surface area contributed by atoms with Crippen molar-refractivity contribution in [1.82, 2.24) is 15.6 Å². The molecule has 0 saturated heterocycles. The maximum atomic E-state index is 12.5. The fourth-order valence-corrected chi connectivity index (χ4v) is 3.02. The van der Waals surface area contributed by atoms with Crippen molar-refractivity contribution in [2.45, 2.75) is 20.3 Å². The van der Waals surface area contributed by atoms with Crippen molar-refractivity contribution >= 4 is 11.6 Å². The Labute approximate surface area is 181 Å². The van der Waals surface area contributed by atoms with Crippen LogP contribution < -0.4 is 19.6 Å². The molecule has 0 aliphatic heterocycles. The summed E-state index contributed by atoms with van der Waals surface area (Å²) in [6.45, 7) is 4.53. The first-order valence-corrected chi connectivity index (χ1v) is 9.97. The van der Waals surface area contributed by atoms with Gasteiger partial charge >= 0.3 is 0 Å². The van der Waals surface area contributed by atoms with Crippen LogP contribution >= 0.6 is 0 Å². The maximum Gasteiger partial charge on any atom is 0.289 e. The van der Waals surface area contributed by atoms with Gasteiger partial charge < -0.3 is 14.2 Å². The minimum Gasteiger partial charge on any atom is -0.494 e. The number of hydrogen-bond donors (Lipinski definition) is 2. The number of nitrogens with one attached hydrogen (secondary N) is 2. The highest BCUT2D eigenvalue weighted by molar-refractivity contribution is 6.02. The van der Waals surface area contributed by atoms with Gasteiger partial charge in [0.15, 0.2) is 11.5 Å². The normalized spacial score (nSPS) is 11.2. The number of amides is 1. The van der Waals surface area contributed by atoms with Gasteiger partial charge in [-0.2, -0.15) is 10.2 Å². The Bertz CT molecular complexity index is 1060. The number of aromatic nitrogens is 2. The van der Waals surface area contributed by atoms with Gasteiger partial charge in [-0.1, -0.05) is 6.92 Å². The highest BCUT2D eigenvalue weighted by Gasteiger charge is 2.13. The Morgan fingerprint density at radius 3 is 2.42 bits per heavy atom. The summed E-state index contributed by atoms with van der Waals surface area (Å²) in [6.07, 6.45) is 0.661. The molecule has 0 fully saturated rings. The van der Waals surface area contributed by atoms with Crippen molar-refractivity contribution in [3.63, 3.8) is 0 Å². The topological polar surface area (TPSA) is 97.8 Å². The summed E-state index contributed by atoms with van der Waals surface area (Å²) < 4.78 is 16.0. The second-order valence-electron chi connectivity index (χ2n) is 6.55. The third kappa shape index (κ3) is 5.22. The monoisotopic (exact) mass is 422 g/mol. The number of nitrogens with zero attached hydrogens (tertiary/aromatic N) is 2. The van der Waals surface area contributed by atoms with E-state index in [0.717, 1.165) is 22.6 Å². The molecular weight excluding hydrogens is 396 g/mol. The average Bonchev–Trinajstić information content (AvgIpc) is 3.30. The molecular formula is C23H26N4O4. The average molecular weight is 422 g/mol. The highest BCUT2D eigenvalue weighted by atomic mass is 16.5. The number of benzene rings is 2. The summed E-state index contributed by atoms with van der Waals surface area (Å²) in [5, 5.41) is 11.3. The molecule has 3 rings (SSSR count). The number of hydrazone groups is 1. The van der Waals surface area contributed by atoms with Gasteiger partial charge in [0.05, 0.1) is 32.2 Å². The van der Waals surface area contributed by atoms with Gasteiger partial charge in [-0.3, -0.25) is 9.89 Å². The Morgan fingerprint density at radius 2 is 1.77 bits per heavy atom. The van der Waals surface area contributed by atoms with Crippen LogP contribution in [0.2, 0.25) is 0 Å². The molecule has 2 aromatic carbocycles. The Hall–Kier alpha value is -3.81. The van der Waals surface area contributed by atoms with Crippen LogP contribution in [-0.4, -0.2) is 42.6 Å². The van der Waals surface area contributed by atoms with E-state index in [2.05, 4.69) is 20.7 Å². The van der Waals surface area contributed by atoms with Crippen LogP contribution in [0.25, 0.3) is 11.3 Å². The molecule has 1 heterocycles. The van der Waals surface area contributed by atoms with Gasteiger partial charge in [-0.05, 0) is 67.4 Å². The maximum absolute atomic E-state index is 12.5. The zero-order valence-corrected chi connectivity index (χ0v) is 18.1. The number of hydrogen-bond acceptors (Lipinski definition) is 6. The number of aromatic amines is 1. The molecule has 31 heavy (non-hydrogen) atoms. The summed E-state index contributed by atoms with van der Waals surface area (Å²) >= 11 is 0. The summed E-state index contributed by atoms with van der Waals surface area (Å²) in [4.78, 5) is 12.5.